The number of rotatable bonds is 11. The van der Waals surface area contributed by atoms with Gasteiger partial charge in [0.2, 0.25) is 0 Å². The van der Waals surface area contributed by atoms with Gasteiger partial charge in [0, 0.05) is 19.3 Å². The Bertz CT molecular complexity index is 1010. The molecule has 0 radical (unpaired) electrons. The van der Waals surface area contributed by atoms with Crippen LogP contribution in [0, 0.1) is 0 Å². The van der Waals surface area contributed by atoms with Crippen LogP contribution in [0.15, 0.2) is 18.2 Å². The number of hydrogen-bond acceptors (Lipinski definition) is 11. The average Bonchev–Trinajstić information content (AvgIpc) is 2.76. The quantitative estimate of drug-likeness (QED) is 0.218. The topological polar surface area (TPSA) is 150 Å². The van der Waals surface area contributed by atoms with E-state index in [1.54, 1.807) is 54.5 Å². The van der Waals surface area contributed by atoms with Gasteiger partial charge in [0.15, 0.2) is 11.5 Å². The lowest BCUT2D eigenvalue weighted by atomic mass is 9.86. The van der Waals surface area contributed by atoms with E-state index >= 15 is 0 Å². The second-order valence-corrected chi connectivity index (χ2v) is 11.3. The number of nitrogens with two attached hydrogens (primary N) is 1. The van der Waals surface area contributed by atoms with Crippen LogP contribution in [-0.4, -0.2) is 54.2 Å². The maximum absolute atomic E-state index is 12.7. The van der Waals surface area contributed by atoms with Gasteiger partial charge in [-0.05, 0) is 72.6 Å². The zero-order valence-electron chi connectivity index (χ0n) is 24.5. The molecule has 0 heterocycles. The van der Waals surface area contributed by atoms with Crippen LogP contribution in [0.25, 0.3) is 0 Å². The summed E-state index contributed by atoms with van der Waals surface area (Å²) in [6.45, 7) is 13.6. The number of carbonyl (C=O) groups is 4. The predicted molar refractivity (Wildman–Crippen MR) is 143 cm³/mol. The molecule has 0 fully saturated rings. The molecule has 1 aromatic rings. The Hall–Kier alpha value is -3.34. The molecule has 0 amide bonds. The first-order valence-electron chi connectivity index (χ1n) is 12.9. The fourth-order valence-electron chi connectivity index (χ4n) is 3.50. The van der Waals surface area contributed by atoms with Crippen LogP contribution in [0.3, 0.4) is 0 Å². The summed E-state index contributed by atoms with van der Waals surface area (Å²) in [6.07, 6.45) is -1.03. The molecule has 0 saturated carbocycles. The first-order chi connectivity index (χ1) is 17.9. The smallest absolute Gasteiger partial charge is 0.468 e. The molecular weight excluding hydrogens is 510 g/mol. The van der Waals surface area contributed by atoms with E-state index in [9.17, 15) is 19.2 Å². The summed E-state index contributed by atoms with van der Waals surface area (Å²) in [5.41, 5.74) is 3.68. The van der Waals surface area contributed by atoms with Crippen molar-refractivity contribution in [3.8, 4) is 11.5 Å². The highest BCUT2D eigenvalue weighted by atomic mass is 16.8. The van der Waals surface area contributed by atoms with Gasteiger partial charge in [0.1, 0.15) is 22.8 Å². The Kier molecular flexibility index (Phi) is 12.2. The molecule has 0 aliphatic carbocycles. The summed E-state index contributed by atoms with van der Waals surface area (Å²) in [5, 5.41) is 0. The maximum Gasteiger partial charge on any atom is 0.514 e. The largest absolute Gasteiger partial charge is 0.514 e. The number of ether oxygens (including phenoxy) is 6. The van der Waals surface area contributed by atoms with Crippen molar-refractivity contribution in [3.05, 3.63) is 23.8 Å². The first kappa shape index (κ1) is 33.7. The molecule has 0 bridgehead atoms. The van der Waals surface area contributed by atoms with Crippen molar-refractivity contribution >= 4 is 24.2 Å². The molecule has 0 aliphatic rings. The average molecular weight is 554 g/mol. The third-order valence-corrected chi connectivity index (χ3v) is 5.00. The van der Waals surface area contributed by atoms with Gasteiger partial charge in [-0.3, -0.25) is 9.59 Å². The minimum Gasteiger partial charge on any atom is -0.468 e. The van der Waals surface area contributed by atoms with Crippen LogP contribution >= 0.6 is 0 Å². The van der Waals surface area contributed by atoms with Crippen molar-refractivity contribution in [2.45, 2.75) is 110 Å². The molecule has 0 aromatic heterocycles. The van der Waals surface area contributed by atoms with Crippen molar-refractivity contribution < 1.29 is 47.6 Å². The van der Waals surface area contributed by atoms with Crippen LogP contribution in [-0.2, 0) is 35.0 Å². The lowest BCUT2D eigenvalue weighted by Crippen LogP contribution is -2.53. The van der Waals surface area contributed by atoms with Crippen LogP contribution in [0.4, 0.5) is 9.59 Å². The van der Waals surface area contributed by atoms with E-state index < -0.39 is 41.1 Å². The summed E-state index contributed by atoms with van der Waals surface area (Å²) in [7, 11) is 1.21. The zero-order chi connectivity index (χ0) is 30.0. The third kappa shape index (κ3) is 12.8. The lowest BCUT2D eigenvalue weighted by Gasteiger charge is -2.29. The summed E-state index contributed by atoms with van der Waals surface area (Å²) in [4.78, 5) is 49.5. The van der Waals surface area contributed by atoms with Crippen molar-refractivity contribution in [2.75, 3.05) is 7.11 Å². The van der Waals surface area contributed by atoms with E-state index in [-0.39, 0.29) is 36.7 Å². The molecule has 0 spiro atoms. The standard InChI is InChI=1S/C28H43NO10/c1-10-11-12-22(30)35-18(2)16-28(29,23(31)34-9)17-19-13-14-20(36-24(32)38-26(3,4)5)21(15-19)37-25(33)39-27(6,7)8/h13-15,18H,10-12,16-17,29H2,1-9H3/t18-,28?/m0/s1. The number of methoxy groups -OCH3 is 1. The monoisotopic (exact) mass is 553 g/mol. The van der Waals surface area contributed by atoms with E-state index in [2.05, 4.69) is 0 Å². The van der Waals surface area contributed by atoms with Crippen LogP contribution in [0.5, 0.6) is 11.5 Å². The number of unbranched alkanes of at least 4 members (excludes halogenated alkanes) is 1. The highest BCUT2D eigenvalue weighted by Crippen LogP contribution is 2.32. The Balaban J connectivity index is 3.28. The van der Waals surface area contributed by atoms with Gasteiger partial charge in [-0.1, -0.05) is 19.4 Å². The van der Waals surface area contributed by atoms with Crippen LogP contribution in [0.1, 0.15) is 86.6 Å². The maximum atomic E-state index is 12.7. The fraction of sp³-hybridized carbons (Fsp3) is 0.643. The van der Waals surface area contributed by atoms with Gasteiger partial charge in [-0.25, -0.2) is 9.59 Å². The summed E-state index contributed by atoms with van der Waals surface area (Å²) < 4.78 is 31.4. The molecule has 11 nitrogen and oxygen atoms in total. The van der Waals surface area contributed by atoms with Crippen molar-refractivity contribution in [3.63, 3.8) is 0 Å². The molecular formula is C28H43NO10. The molecule has 39 heavy (non-hydrogen) atoms. The Morgan fingerprint density at radius 1 is 0.897 bits per heavy atom. The van der Waals surface area contributed by atoms with Gasteiger partial charge in [0.25, 0.3) is 0 Å². The molecule has 1 aromatic carbocycles. The molecule has 2 atom stereocenters. The minimum absolute atomic E-state index is 0.0318. The molecule has 0 aliphatic heterocycles. The zero-order valence-corrected chi connectivity index (χ0v) is 24.5. The predicted octanol–water partition coefficient (Wildman–Crippen LogP) is 5.24. The van der Waals surface area contributed by atoms with Crippen LogP contribution in [0.2, 0.25) is 0 Å². The van der Waals surface area contributed by atoms with Gasteiger partial charge < -0.3 is 34.2 Å². The number of benzene rings is 1. The highest BCUT2D eigenvalue weighted by Gasteiger charge is 2.38. The third-order valence-electron chi connectivity index (χ3n) is 5.00. The second-order valence-electron chi connectivity index (χ2n) is 11.3. The minimum atomic E-state index is -1.59. The normalized spacial score (nSPS) is 13.9. The summed E-state index contributed by atoms with van der Waals surface area (Å²) >= 11 is 0. The summed E-state index contributed by atoms with van der Waals surface area (Å²) in [6, 6.07) is 4.32. The Morgan fingerprint density at radius 2 is 1.44 bits per heavy atom. The van der Waals surface area contributed by atoms with Gasteiger partial charge >= 0.3 is 24.2 Å². The summed E-state index contributed by atoms with van der Waals surface area (Å²) in [5.74, 6) is -1.37. The fourth-order valence-corrected chi connectivity index (χ4v) is 3.50. The van der Waals surface area contributed by atoms with Gasteiger partial charge in [-0.2, -0.15) is 0 Å². The molecule has 220 valence electrons. The van der Waals surface area contributed by atoms with Crippen molar-refractivity contribution in [1.82, 2.24) is 0 Å². The van der Waals surface area contributed by atoms with E-state index in [1.807, 2.05) is 6.92 Å². The highest BCUT2D eigenvalue weighted by molar-refractivity contribution is 5.81. The van der Waals surface area contributed by atoms with E-state index in [4.69, 9.17) is 34.2 Å². The second kappa shape index (κ2) is 14.2. The Morgan fingerprint density at radius 3 is 1.92 bits per heavy atom. The molecule has 1 unspecified atom stereocenters. The van der Waals surface area contributed by atoms with Gasteiger partial charge in [0.05, 0.1) is 7.11 Å². The SMILES string of the molecule is CCCCC(=O)O[C@@H](C)CC(N)(Cc1ccc(OC(=O)OC(C)(C)C)c(OC(=O)OC(C)(C)C)c1)C(=O)OC. The Labute approximate surface area is 230 Å². The van der Waals surface area contributed by atoms with Gasteiger partial charge in [-0.15, -0.1) is 0 Å². The van der Waals surface area contributed by atoms with Crippen LogP contribution < -0.4 is 15.2 Å². The number of esters is 2. The van der Waals surface area contributed by atoms with E-state index in [1.165, 1.54) is 19.2 Å². The molecule has 11 heteroatoms. The number of hydrogen-bond donors (Lipinski definition) is 1. The molecule has 0 saturated heterocycles. The number of carbonyl (C=O) groups excluding carboxylic acids is 4. The lowest BCUT2D eigenvalue weighted by molar-refractivity contribution is -0.155. The first-order valence-corrected chi connectivity index (χ1v) is 12.9. The van der Waals surface area contributed by atoms with Crippen molar-refractivity contribution in [1.29, 1.82) is 0 Å². The van der Waals surface area contributed by atoms with E-state index in [0.717, 1.165) is 6.42 Å². The van der Waals surface area contributed by atoms with E-state index in [0.29, 0.717) is 12.0 Å². The molecule has 1 rings (SSSR count). The van der Waals surface area contributed by atoms with Crippen molar-refractivity contribution in [2.24, 2.45) is 5.73 Å². The molecule has 2 N–H and O–H groups in total.